The van der Waals surface area contributed by atoms with Crippen LogP contribution >= 0.6 is 11.3 Å². The van der Waals surface area contributed by atoms with Crippen molar-refractivity contribution >= 4 is 11.3 Å². The number of rotatable bonds is 5. The SMILES string of the molecule is CNC(CCc1ccco1)c1csc(C)c1. The lowest BCUT2D eigenvalue weighted by Gasteiger charge is -2.13. The Kier molecular flexibility index (Phi) is 3.80. The van der Waals surface area contributed by atoms with Gasteiger partial charge in [0, 0.05) is 17.3 Å². The molecular weight excluding hydrogens is 218 g/mol. The Bertz CT molecular complexity index is 419. The maximum Gasteiger partial charge on any atom is 0.103 e. The first-order valence-electron chi connectivity index (χ1n) is 5.54. The van der Waals surface area contributed by atoms with Crippen LogP contribution in [0.15, 0.2) is 34.3 Å². The minimum absolute atomic E-state index is 0.426. The van der Waals surface area contributed by atoms with E-state index in [0.29, 0.717) is 6.04 Å². The summed E-state index contributed by atoms with van der Waals surface area (Å²) in [4.78, 5) is 1.37. The van der Waals surface area contributed by atoms with E-state index >= 15 is 0 Å². The van der Waals surface area contributed by atoms with E-state index in [9.17, 15) is 0 Å². The summed E-state index contributed by atoms with van der Waals surface area (Å²) < 4.78 is 5.34. The van der Waals surface area contributed by atoms with E-state index < -0.39 is 0 Å². The average Bonchev–Trinajstić information content (AvgIpc) is 2.91. The molecule has 0 aromatic carbocycles. The molecule has 0 fully saturated rings. The highest BCUT2D eigenvalue weighted by molar-refractivity contribution is 7.10. The van der Waals surface area contributed by atoms with Gasteiger partial charge in [-0.15, -0.1) is 11.3 Å². The fraction of sp³-hybridized carbons (Fsp3) is 0.385. The van der Waals surface area contributed by atoms with Gasteiger partial charge in [0.2, 0.25) is 0 Å². The lowest BCUT2D eigenvalue weighted by atomic mass is 10.0. The topological polar surface area (TPSA) is 25.2 Å². The highest BCUT2D eigenvalue weighted by Gasteiger charge is 2.11. The molecule has 16 heavy (non-hydrogen) atoms. The highest BCUT2D eigenvalue weighted by Crippen LogP contribution is 2.23. The number of thiophene rings is 1. The Morgan fingerprint density at radius 2 is 2.38 bits per heavy atom. The molecule has 0 amide bonds. The van der Waals surface area contributed by atoms with E-state index in [0.717, 1.165) is 18.6 Å². The third-order valence-electron chi connectivity index (χ3n) is 2.76. The first kappa shape index (κ1) is 11.4. The van der Waals surface area contributed by atoms with Gasteiger partial charge in [-0.1, -0.05) is 0 Å². The monoisotopic (exact) mass is 235 g/mol. The molecule has 1 unspecified atom stereocenters. The minimum Gasteiger partial charge on any atom is -0.469 e. The number of hydrogen-bond donors (Lipinski definition) is 1. The normalized spacial score (nSPS) is 12.9. The molecule has 86 valence electrons. The van der Waals surface area contributed by atoms with Crippen LogP contribution in [-0.2, 0) is 6.42 Å². The molecule has 0 bridgehead atoms. The van der Waals surface area contributed by atoms with Gasteiger partial charge < -0.3 is 9.73 Å². The average molecular weight is 235 g/mol. The van der Waals surface area contributed by atoms with Crippen LogP contribution in [-0.4, -0.2) is 7.05 Å². The van der Waals surface area contributed by atoms with Crippen molar-refractivity contribution in [1.29, 1.82) is 0 Å². The Morgan fingerprint density at radius 3 is 2.94 bits per heavy atom. The third kappa shape index (κ3) is 2.74. The van der Waals surface area contributed by atoms with Crippen molar-refractivity contribution in [3.8, 4) is 0 Å². The Hall–Kier alpha value is -1.06. The summed E-state index contributed by atoms with van der Waals surface area (Å²) in [5, 5.41) is 5.59. The van der Waals surface area contributed by atoms with Gasteiger partial charge in [-0.3, -0.25) is 0 Å². The van der Waals surface area contributed by atoms with E-state index in [1.807, 2.05) is 30.5 Å². The van der Waals surface area contributed by atoms with Gasteiger partial charge in [0.25, 0.3) is 0 Å². The molecular formula is C13H17NOS. The summed E-state index contributed by atoms with van der Waals surface area (Å²) in [6.45, 7) is 2.15. The number of hydrogen-bond acceptors (Lipinski definition) is 3. The van der Waals surface area contributed by atoms with Crippen molar-refractivity contribution in [3.05, 3.63) is 46.0 Å². The molecule has 2 aromatic rings. The van der Waals surface area contributed by atoms with E-state index in [-0.39, 0.29) is 0 Å². The first-order chi connectivity index (χ1) is 7.79. The molecule has 3 heteroatoms. The molecule has 0 aliphatic carbocycles. The maximum absolute atomic E-state index is 5.34. The van der Waals surface area contributed by atoms with Gasteiger partial charge in [0.15, 0.2) is 0 Å². The van der Waals surface area contributed by atoms with Crippen molar-refractivity contribution in [3.63, 3.8) is 0 Å². The van der Waals surface area contributed by atoms with Crippen molar-refractivity contribution in [2.45, 2.75) is 25.8 Å². The quantitative estimate of drug-likeness (QED) is 0.857. The van der Waals surface area contributed by atoms with E-state index in [1.54, 1.807) is 6.26 Å². The zero-order valence-electron chi connectivity index (χ0n) is 9.69. The predicted octanol–water partition coefficient (Wildman–Crippen LogP) is 3.54. The van der Waals surface area contributed by atoms with E-state index in [1.165, 1.54) is 10.4 Å². The predicted molar refractivity (Wildman–Crippen MR) is 67.9 cm³/mol. The third-order valence-corrected chi connectivity index (χ3v) is 3.64. The van der Waals surface area contributed by atoms with Crippen LogP contribution in [0.4, 0.5) is 0 Å². The molecule has 1 atom stereocenters. The lowest BCUT2D eigenvalue weighted by Crippen LogP contribution is -2.16. The Labute approximate surface area is 100 Å². The Balaban J connectivity index is 1.96. The minimum atomic E-state index is 0.426. The van der Waals surface area contributed by atoms with Gasteiger partial charge >= 0.3 is 0 Å². The second kappa shape index (κ2) is 5.32. The molecule has 0 radical (unpaired) electrons. The van der Waals surface area contributed by atoms with Crippen LogP contribution in [0.25, 0.3) is 0 Å². The number of furan rings is 1. The number of aryl methyl sites for hydroxylation is 2. The summed E-state index contributed by atoms with van der Waals surface area (Å²) in [7, 11) is 2.01. The van der Waals surface area contributed by atoms with Crippen LogP contribution in [0.5, 0.6) is 0 Å². The second-order valence-electron chi connectivity index (χ2n) is 3.95. The van der Waals surface area contributed by atoms with E-state index in [2.05, 4.69) is 23.7 Å². The van der Waals surface area contributed by atoms with Crippen molar-refractivity contribution in [1.82, 2.24) is 5.32 Å². The van der Waals surface area contributed by atoms with Gasteiger partial charge in [-0.25, -0.2) is 0 Å². The second-order valence-corrected chi connectivity index (χ2v) is 5.07. The number of nitrogens with one attached hydrogen (secondary N) is 1. The van der Waals surface area contributed by atoms with Crippen molar-refractivity contribution in [2.75, 3.05) is 7.05 Å². The molecule has 0 spiro atoms. The molecule has 0 saturated heterocycles. The molecule has 0 aliphatic heterocycles. The highest BCUT2D eigenvalue weighted by atomic mass is 32.1. The summed E-state index contributed by atoms with van der Waals surface area (Å²) >= 11 is 1.81. The lowest BCUT2D eigenvalue weighted by molar-refractivity contribution is 0.470. The molecule has 2 nitrogen and oxygen atoms in total. The van der Waals surface area contributed by atoms with Gasteiger partial charge in [0.05, 0.1) is 6.26 Å². The van der Waals surface area contributed by atoms with Crippen LogP contribution in [0.1, 0.15) is 28.7 Å². The Morgan fingerprint density at radius 1 is 1.50 bits per heavy atom. The maximum atomic E-state index is 5.34. The fourth-order valence-electron chi connectivity index (χ4n) is 1.87. The molecule has 0 aliphatic rings. The first-order valence-corrected chi connectivity index (χ1v) is 6.42. The van der Waals surface area contributed by atoms with Crippen LogP contribution in [0, 0.1) is 6.92 Å². The zero-order valence-corrected chi connectivity index (χ0v) is 10.5. The summed E-state index contributed by atoms with van der Waals surface area (Å²) in [5.41, 5.74) is 1.39. The van der Waals surface area contributed by atoms with Crippen LogP contribution in [0.3, 0.4) is 0 Å². The van der Waals surface area contributed by atoms with Crippen LogP contribution in [0.2, 0.25) is 0 Å². The smallest absolute Gasteiger partial charge is 0.103 e. The summed E-state index contributed by atoms with van der Waals surface area (Å²) in [5.74, 6) is 1.06. The summed E-state index contributed by atoms with van der Waals surface area (Å²) in [6.07, 6.45) is 3.78. The van der Waals surface area contributed by atoms with Gasteiger partial charge in [0.1, 0.15) is 5.76 Å². The molecule has 2 heterocycles. The molecule has 1 N–H and O–H groups in total. The van der Waals surface area contributed by atoms with Crippen LogP contribution < -0.4 is 5.32 Å². The van der Waals surface area contributed by atoms with Crippen molar-refractivity contribution < 1.29 is 4.42 Å². The van der Waals surface area contributed by atoms with E-state index in [4.69, 9.17) is 4.42 Å². The standard InChI is InChI=1S/C13H17NOS/c1-10-8-11(9-16-10)13(14-2)6-5-12-4-3-7-15-12/h3-4,7-9,13-14H,5-6H2,1-2H3. The van der Waals surface area contributed by atoms with Crippen molar-refractivity contribution in [2.24, 2.45) is 0 Å². The zero-order chi connectivity index (χ0) is 11.4. The summed E-state index contributed by atoms with van der Waals surface area (Å²) in [6, 6.07) is 6.66. The molecule has 0 saturated carbocycles. The van der Waals surface area contributed by atoms with Gasteiger partial charge in [-0.05, 0) is 49.5 Å². The largest absolute Gasteiger partial charge is 0.469 e. The fourth-order valence-corrected chi connectivity index (χ4v) is 2.62. The molecule has 2 aromatic heterocycles. The molecule has 2 rings (SSSR count). The van der Waals surface area contributed by atoms with Gasteiger partial charge in [-0.2, -0.15) is 0 Å².